The summed E-state index contributed by atoms with van der Waals surface area (Å²) in [6, 6.07) is 5.41. The fourth-order valence-corrected chi connectivity index (χ4v) is 2.70. The Kier molecular flexibility index (Phi) is 4.40. The normalized spacial score (nSPS) is 20.6. The summed E-state index contributed by atoms with van der Waals surface area (Å²) in [5.74, 6) is -0.176. The number of hydrogen-bond donors (Lipinski definition) is 0. The van der Waals surface area contributed by atoms with E-state index in [-0.39, 0.29) is 5.82 Å². The summed E-state index contributed by atoms with van der Waals surface area (Å²) in [6.07, 6.45) is 1.04. The van der Waals surface area contributed by atoms with Crippen molar-refractivity contribution >= 4 is 21.6 Å². The van der Waals surface area contributed by atoms with Crippen molar-refractivity contribution in [2.45, 2.75) is 24.7 Å². The molecule has 1 fully saturated rings. The van der Waals surface area contributed by atoms with Crippen LogP contribution in [0.15, 0.2) is 18.2 Å². The zero-order chi connectivity index (χ0) is 12.3. The molecule has 2 rings (SSSR count). The molecule has 1 unspecified atom stereocenters. The molecule has 1 aliphatic rings. The van der Waals surface area contributed by atoms with Gasteiger partial charge in [-0.1, -0.05) is 22.9 Å². The van der Waals surface area contributed by atoms with Gasteiger partial charge in [-0.05, 0) is 30.2 Å². The van der Waals surface area contributed by atoms with Crippen molar-refractivity contribution < 1.29 is 9.13 Å². The van der Waals surface area contributed by atoms with Gasteiger partial charge < -0.3 is 9.64 Å². The van der Waals surface area contributed by atoms with Crippen molar-refractivity contribution in [1.82, 2.24) is 0 Å². The molecule has 0 radical (unpaired) electrons. The van der Waals surface area contributed by atoms with E-state index in [4.69, 9.17) is 4.74 Å². The van der Waals surface area contributed by atoms with Crippen molar-refractivity contribution in [2.24, 2.45) is 0 Å². The maximum atomic E-state index is 13.2. The van der Waals surface area contributed by atoms with Crippen molar-refractivity contribution in [2.75, 3.05) is 24.7 Å². The monoisotopic (exact) mass is 301 g/mol. The van der Waals surface area contributed by atoms with Gasteiger partial charge in [0.05, 0.1) is 19.3 Å². The number of ether oxygens (including phenoxy) is 1. The highest BCUT2D eigenvalue weighted by Gasteiger charge is 2.23. The van der Waals surface area contributed by atoms with Crippen molar-refractivity contribution in [3.8, 4) is 0 Å². The molecule has 94 valence electrons. The Morgan fingerprint density at radius 3 is 3.06 bits per heavy atom. The van der Waals surface area contributed by atoms with Gasteiger partial charge in [-0.25, -0.2) is 4.39 Å². The van der Waals surface area contributed by atoms with Crippen LogP contribution in [0, 0.1) is 5.82 Å². The number of nitrogens with zero attached hydrogens (tertiary/aromatic N) is 1. The van der Waals surface area contributed by atoms with Gasteiger partial charge in [0.15, 0.2) is 0 Å². The van der Waals surface area contributed by atoms with E-state index in [1.807, 2.05) is 6.07 Å². The van der Waals surface area contributed by atoms with Crippen LogP contribution in [0.5, 0.6) is 0 Å². The number of anilines is 1. The summed E-state index contributed by atoms with van der Waals surface area (Å²) in [7, 11) is 0. The second kappa shape index (κ2) is 5.83. The Morgan fingerprint density at radius 1 is 1.53 bits per heavy atom. The quantitative estimate of drug-likeness (QED) is 0.794. The topological polar surface area (TPSA) is 12.5 Å². The van der Waals surface area contributed by atoms with E-state index in [2.05, 4.69) is 27.8 Å². The van der Waals surface area contributed by atoms with Gasteiger partial charge in [0.1, 0.15) is 5.82 Å². The van der Waals surface area contributed by atoms with E-state index in [1.165, 1.54) is 6.07 Å². The number of morpholine rings is 1. The molecule has 1 aromatic rings. The Balaban J connectivity index is 2.30. The Morgan fingerprint density at radius 2 is 2.35 bits per heavy atom. The van der Waals surface area contributed by atoms with Crippen LogP contribution in [0.3, 0.4) is 0 Å². The van der Waals surface area contributed by atoms with Crippen LogP contribution in [0.4, 0.5) is 10.1 Å². The van der Waals surface area contributed by atoms with Crippen LogP contribution in [-0.4, -0.2) is 25.8 Å². The first-order valence-corrected chi connectivity index (χ1v) is 7.07. The molecule has 1 aliphatic heterocycles. The molecule has 1 heterocycles. The molecule has 1 saturated heterocycles. The minimum Gasteiger partial charge on any atom is -0.377 e. The van der Waals surface area contributed by atoms with Gasteiger partial charge in [-0.3, -0.25) is 0 Å². The first-order chi connectivity index (χ1) is 8.26. The van der Waals surface area contributed by atoms with Gasteiger partial charge in [-0.2, -0.15) is 0 Å². The second-order valence-corrected chi connectivity index (χ2v) is 4.80. The average Bonchev–Trinajstić information content (AvgIpc) is 2.38. The molecule has 0 N–H and O–H groups in total. The fourth-order valence-electron chi connectivity index (χ4n) is 2.25. The summed E-state index contributed by atoms with van der Waals surface area (Å²) >= 11 is 3.43. The molecule has 0 spiro atoms. The third-order valence-corrected chi connectivity index (χ3v) is 3.80. The van der Waals surface area contributed by atoms with Crippen molar-refractivity contribution in [1.29, 1.82) is 0 Å². The van der Waals surface area contributed by atoms with Gasteiger partial charge in [-0.15, -0.1) is 0 Å². The highest BCUT2D eigenvalue weighted by atomic mass is 79.9. The molecule has 0 bridgehead atoms. The van der Waals surface area contributed by atoms with E-state index < -0.39 is 0 Å². The molecule has 0 amide bonds. The van der Waals surface area contributed by atoms with Gasteiger partial charge in [0, 0.05) is 17.6 Å². The molecule has 4 heteroatoms. The molecular weight excluding hydrogens is 285 g/mol. The Bertz CT molecular complexity index is 386. The number of hydrogen-bond acceptors (Lipinski definition) is 2. The molecule has 0 aliphatic carbocycles. The van der Waals surface area contributed by atoms with E-state index >= 15 is 0 Å². The maximum Gasteiger partial charge on any atom is 0.123 e. The second-order valence-electron chi connectivity index (χ2n) is 4.24. The average molecular weight is 302 g/mol. The number of halogens is 2. The lowest BCUT2D eigenvalue weighted by Gasteiger charge is -2.38. The summed E-state index contributed by atoms with van der Waals surface area (Å²) in [6.45, 7) is 4.54. The third-order valence-electron chi connectivity index (χ3n) is 3.19. The van der Waals surface area contributed by atoms with Crippen molar-refractivity contribution in [3.63, 3.8) is 0 Å². The summed E-state index contributed by atoms with van der Waals surface area (Å²) in [5.41, 5.74) is 2.13. The first kappa shape index (κ1) is 12.8. The Labute approximate surface area is 110 Å². The van der Waals surface area contributed by atoms with Crippen molar-refractivity contribution in [3.05, 3.63) is 29.6 Å². The highest BCUT2D eigenvalue weighted by Crippen LogP contribution is 2.27. The van der Waals surface area contributed by atoms with Gasteiger partial charge in [0.25, 0.3) is 0 Å². The zero-order valence-electron chi connectivity index (χ0n) is 9.96. The van der Waals surface area contributed by atoms with E-state index in [1.54, 1.807) is 6.07 Å². The predicted molar refractivity (Wildman–Crippen MR) is 71.3 cm³/mol. The largest absolute Gasteiger partial charge is 0.377 e. The van der Waals surface area contributed by atoms with Gasteiger partial charge in [0.2, 0.25) is 0 Å². The molecule has 1 aromatic carbocycles. The number of rotatable bonds is 3. The highest BCUT2D eigenvalue weighted by molar-refractivity contribution is 9.08. The SMILES string of the molecule is CCC1COCCN1c1ccc(F)cc1CBr. The smallest absolute Gasteiger partial charge is 0.123 e. The molecule has 2 nitrogen and oxygen atoms in total. The van der Waals surface area contributed by atoms with Gasteiger partial charge >= 0.3 is 0 Å². The molecule has 0 aromatic heterocycles. The van der Waals surface area contributed by atoms with Crippen LogP contribution in [-0.2, 0) is 10.1 Å². The summed E-state index contributed by atoms with van der Waals surface area (Å²) < 4.78 is 18.7. The van der Waals surface area contributed by atoms with Crippen LogP contribution in [0.2, 0.25) is 0 Å². The van der Waals surface area contributed by atoms with E-state index in [0.29, 0.717) is 11.4 Å². The summed E-state index contributed by atoms with van der Waals surface area (Å²) in [4.78, 5) is 2.33. The Hall–Kier alpha value is -0.610. The number of alkyl halides is 1. The van der Waals surface area contributed by atoms with Crippen LogP contribution < -0.4 is 4.90 Å². The standard InChI is InChI=1S/C13H17BrFNO/c1-2-12-9-17-6-5-16(12)13-4-3-11(15)7-10(13)8-14/h3-4,7,12H,2,5-6,8-9H2,1H3. The molecule has 1 atom stereocenters. The van der Waals surface area contributed by atoms with E-state index in [9.17, 15) is 4.39 Å². The summed E-state index contributed by atoms with van der Waals surface area (Å²) in [5, 5.41) is 0.674. The van der Waals surface area contributed by atoms with E-state index in [0.717, 1.165) is 37.4 Å². The lowest BCUT2D eigenvalue weighted by Crippen LogP contribution is -2.45. The maximum absolute atomic E-state index is 13.2. The zero-order valence-corrected chi connectivity index (χ0v) is 11.5. The lowest BCUT2D eigenvalue weighted by atomic mass is 10.1. The van der Waals surface area contributed by atoms with Crippen LogP contribution in [0.1, 0.15) is 18.9 Å². The molecule has 0 saturated carbocycles. The fraction of sp³-hybridized carbons (Fsp3) is 0.538. The predicted octanol–water partition coefficient (Wildman–Crippen LogP) is 3.34. The van der Waals surface area contributed by atoms with Crippen LogP contribution >= 0.6 is 15.9 Å². The first-order valence-electron chi connectivity index (χ1n) is 5.95. The minimum absolute atomic E-state index is 0.176. The lowest BCUT2D eigenvalue weighted by molar-refractivity contribution is 0.0929. The third kappa shape index (κ3) is 2.80. The van der Waals surface area contributed by atoms with Crippen LogP contribution in [0.25, 0.3) is 0 Å². The number of benzene rings is 1. The minimum atomic E-state index is -0.176. The molecule has 17 heavy (non-hydrogen) atoms. The molecular formula is C13H17BrFNO.